The molecule has 16 heavy (non-hydrogen) atoms. The van der Waals surface area contributed by atoms with Crippen LogP contribution >= 0.6 is 11.8 Å². The largest absolute Gasteiger partial charge is 0.369 e. The molecule has 0 atom stereocenters. The topological polar surface area (TPSA) is 84.6 Å². The van der Waals surface area contributed by atoms with Crippen LogP contribution in [0.25, 0.3) is 0 Å². The van der Waals surface area contributed by atoms with E-state index in [1.807, 2.05) is 0 Å². The predicted octanol–water partition coefficient (Wildman–Crippen LogP) is 1.21. The van der Waals surface area contributed by atoms with Crippen LogP contribution in [0.1, 0.15) is 10.4 Å². The third-order valence-corrected chi connectivity index (χ3v) is 2.10. The summed E-state index contributed by atoms with van der Waals surface area (Å²) in [4.78, 5) is 25.9. The number of thioether (sulfide) groups is 1. The molecule has 0 saturated heterocycles. The van der Waals surface area contributed by atoms with Crippen molar-refractivity contribution in [3.63, 3.8) is 0 Å². The van der Waals surface area contributed by atoms with Crippen molar-refractivity contribution in [2.24, 2.45) is 10.7 Å². The van der Waals surface area contributed by atoms with Gasteiger partial charge >= 0.3 is 5.24 Å². The highest BCUT2D eigenvalue weighted by molar-refractivity contribution is 8.13. The van der Waals surface area contributed by atoms with E-state index in [-0.39, 0.29) is 5.96 Å². The van der Waals surface area contributed by atoms with E-state index >= 15 is 0 Å². The lowest BCUT2D eigenvalue weighted by Gasteiger charge is -2.02. The first-order valence-electron chi connectivity index (χ1n) is 4.42. The van der Waals surface area contributed by atoms with Gasteiger partial charge in [-0.15, -0.1) is 0 Å². The Bertz CT molecular complexity index is 417. The van der Waals surface area contributed by atoms with Gasteiger partial charge in [0.15, 0.2) is 0 Å². The van der Waals surface area contributed by atoms with Gasteiger partial charge in [0.25, 0.3) is 5.91 Å². The van der Waals surface area contributed by atoms with Gasteiger partial charge in [-0.25, -0.2) is 0 Å². The highest BCUT2D eigenvalue weighted by atomic mass is 32.2. The van der Waals surface area contributed by atoms with Crippen LogP contribution in [0.15, 0.2) is 35.3 Å². The zero-order valence-electron chi connectivity index (χ0n) is 8.64. The maximum Gasteiger partial charge on any atom is 0.307 e. The van der Waals surface area contributed by atoms with Gasteiger partial charge in [0, 0.05) is 5.56 Å². The molecule has 0 aliphatic rings. The number of guanidine groups is 1. The molecule has 6 heteroatoms. The third-order valence-electron chi connectivity index (χ3n) is 1.66. The second kappa shape index (κ2) is 5.92. The zero-order chi connectivity index (χ0) is 12.0. The van der Waals surface area contributed by atoms with Gasteiger partial charge in [0.05, 0.1) is 0 Å². The van der Waals surface area contributed by atoms with Crippen molar-refractivity contribution in [2.45, 2.75) is 0 Å². The molecular weight excluding hydrogens is 226 g/mol. The first-order chi connectivity index (χ1) is 7.63. The summed E-state index contributed by atoms with van der Waals surface area (Å²) in [6, 6.07) is 8.54. The predicted molar refractivity (Wildman–Crippen MR) is 64.4 cm³/mol. The van der Waals surface area contributed by atoms with E-state index in [2.05, 4.69) is 10.3 Å². The minimum Gasteiger partial charge on any atom is -0.369 e. The first kappa shape index (κ1) is 12.3. The summed E-state index contributed by atoms with van der Waals surface area (Å²) in [6.07, 6.45) is 1.58. The fourth-order valence-corrected chi connectivity index (χ4v) is 1.14. The zero-order valence-corrected chi connectivity index (χ0v) is 9.45. The van der Waals surface area contributed by atoms with E-state index in [4.69, 9.17) is 5.73 Å². The minimum absolute atomic E-state index is 0.201. The third kappa shape index (κ3) is 3.74. The van der Waals surface area contributed by atoms with Gasteiger partial charge < -0.3 is 5.73 Å². The molecule has 1 aromatic carbocycles. The van der Waals surface area contributed by atoms with Crippen LogP contribution in [0.3, 0.4) is 0 Å². The number of aliphatic imine (C=N–C) groups is 1. The number of carbonyl (C=O) groups is 2. The molecule has 84 valence electrons. The van der Waals surface area contributed by atoms with Crippen LogP contribution in [-0.4, -0.2) is 23.4 Å². The number of carbonyl (C=O) groups excluding carboxylic acids is 2. The van der Waals surface area contributed by atoms with Crippen molar-refractivity contribution >= 4 is 28.9 Å². The monoisotopic (exact) mass is 237 g/mol. The smallest absolute Gasteiger partial charge is 0.307 e. The molecule has 0 aliphatic carbocycles. The standard InChI is InChI=1S/C10H11N3O2S/c1-16-10(15)13-9(11)12-8(14)7-5-3-2-4-6-7/h2-6H,1H3,(H3,11,12,13,14,15). The summed E-state index contributed by atoms with van der Waals surface area (Å²) < 4.78 is 0. The molecule has 3 N–H and O–H groups in total. The maximum absolute atomic E-state index is 11.5. The fraction of sp³-hybridized carbons (Fsp3) is 0.100. The Morgan fingerprint density at radius 2 is 1.94 bits per heavy atom. The van der Waals surface area contributed by atoms with Gasteiger partial charge in [0.1, 0.15) is 0 Å². The second-order valence-electron chi connectivity index (χ2n) is 2.79. The van der Waals surface area contributed by atoms with E-state index in [9.17, 15) is 9.59 Å². The maximum atomic E-state index is 11.5. The van der Waals surface area contributed by atoms with E-state index in [1.165, 1.54) is 0 Å². The molecule has 0 spiro atoms. The summed E-state index contributed by atoms with van der Waals surface area (Å²) in [7, 11) is 0. The summed E-state index contributed by atoms with van der Waals surface area (Å²) >= 11 is 0.918. The number of nitrogens with two attached hydrogens (primary N) is 1. The number of hydrogen-bond acceptors (Lipinski definition) is 3. The molecular formula is C10H11N3O2S. The average molecular weight is 237 g/mol. The molecule has 0 radical (unpaired) electrons. The lowest BCUT2D eigenvalue weighted by molar-refractivity contribution is 0.0976. The Morgan fingerprint density at radius 3 is 2.50 bits per heavy atom. The number of benzene rings is 1. The summed E-state index contributed by atoms with van der Waals surface area (Å²) in [5, 5.41) is 1.86. The highest BCUT2D eigenvalue weighted by Crippen LogP contribution is 1.99. The molecule has 0 unspecified atom stereocenters. The Hall–Kier alpha value is -1.82. The van der Waals surface area contributed by atoms with Crippen molar-refractivity contribution in [3.8, 4) is 0 Å². The first-order valence-corrected chi connectivity index (χ1v) is 5.64. The summed E-state index contributed by atoms with van der Waals surface area (Å²) in [6.45, 7) is 0. The van der Waals surface area contributed by atoms with Crippen LogP contribution in [0.4, 0.5) is 4.79 Å². The van der Waals surface area contributed by atoms with Crippen molar-refractivity contribution in [2.75, 3.05) is 6.26 Å². The summed E-state index contributed by atoms with van der Waals surface area (Å²) in [5.41, 5.74) is 5.83. The Kier molecular flexibility index (Phi) is 4.53. The van der Waals surface area contributed by atoms with E-state index in [1.54, 1.807) is 36.6 Å². The highest BCUT2D eigenvalue weighted by Gasteiger charge is 2.06. The Balaban J connectivity index is 2.66. The van der Waals surface area contributed by atoms with Crippen LogP contribution in [0.2, 0.25) is 0 Å². The van der Waals surface area contributed by atoms with E-state index in [0.29, 0.717) is 5.56 Å². The fourth-order valence-electron chi connectivity index (χ4n) is 0.950. The van der Waals surface area contributed by atoms with E-state index < -0.39 is 11.1 Å². The molecule has 1 aromatic rings. The van der Waals surface area contributed by atoms with Gasteiger partial charge in [-0.1, -0.05) is 30.0 Å². The number of nitrogens with zero attached hydrogens (tertiary/aromatic N) is 1. The van der Waals surface area contributed by atoms with Gasteiger partial charge in [-0.2, -0.15) is 4.99 Å². The van der Waals surface area contributed by atoms with Crippen molar-refractivity contribution < 1.29 is 9.59 Å². The molecule has 0 fully saturated rings. The second-order valence-corrected chi connectivity index (χ2v) is 3.54. The molecule has 5 nitrogen and oxygen atoms in total. The van der Waals surface area contributed by atoms with Crippen molar-refractivity contribution in [1.29, 1.82) is 0 Å². The number of rotatable bonds is 1. The van der Waals surface area contributed by atoms with Crippen molar-refractivity contribution in [3.05, 3.63) is 35.9 Å². The van der Waals surface area contributed by atoms with Crippen molar-refractivity contribution in [1.82, 2.24) is 5.32 Å². The normalized spacial score (nSPS) is 10.9. The molecule has 2 amide bonds. The Labute approximate surface area is 97.1 Å². The van der Waals surface area contributed by atoms with Crippen LogP contribution in [-0.2, 0) is 0 Å². The lowest BCUT2D eigenvalue weighted by atomic mass is 10.2. The number of nitrogens with one attached hydrogen (secondary N) is 1. The molecule has 0 saturated carbocycles. The molecule has 0 bridgehead atoms. The van der Waals surface area contributed by atoms with E-state index in [0.717, 1.165) is 11.8 Å². The van der Waals surface area contributed by atoms with Crippen LogP contribution in [0.5, 0.6) is 0 Å². The SMILES string of the molecule is CSC(=O)/N=C(/N)NC(=O)c1ccccc1. The average Bonchev–Trinajstić information content (AvgIpc) is 2.29. The number of amides is 2. The molecule has 1 rings (SSSR count). The van der Waals surface area contributed by atoms with Crippen LogP contribution < -0.4 is 11.1 Å². The minimum atomic E-state index is -0.453. The molecule has 0 heterocycles. The molecule has 0 aromatic heterocycles. The van der Waals surface area contributed by atoms with Crippen LogP contribution in [0, 0.1) is 0 Å². The molecule has 0 aliphatic heterocycles. The quantitative estimate of drug-likeness (QED) is 0.568. The van der Waals surface area contributed by atoms with Gasteiger partial charge in [-0.05, 0) is 18.4 Å². The lowest BCUT2D eigenvalue weighted by Crippen LogP contribution is -2.37. The van der Waals surface area contributed by atoms with Gasteiger partial charge in [0.2, 0.25) is 5.96 Å². The van der Waals surface area contributed by atoms with Gasteiger partial charge in [-0.3, -0.25) is 14.9 Å². The number of hydrogen-bond donors (Lipinski definition) is 2. The summed E-state index contributed by atoms with van der Waals surface area (Å²) in [5.74, 6) is -0.594. The Morgan fingerprint density at radius 1 is 1.31 bits per heavy atom.